The Kier molecular flexibility index (Phi) is 4.22. The SMILES string of the molecule is CN(C(=O)CC1CCCCC1)[C@@H]1CCNC1. The highest BCUT2D eigenvalue weighted by Crippen LogP contribution is 2.27. The van der Waals surface area contributed by atoms with E-state index in [9.17, 15) is 4.79 Å². The molecule has 1 saturated carbocycles. The molecule has 1 saturated heterocycles. The van der Waals surface area contributed by atoms with Crippen molar-refractivity contribution in [3.05, 3.63) is 0 Å². The van der Waals surface area contributed by atoms with E-state index >= 15 is 0 Å². The Balaban J connectivity index is 1.77. The highest BCUT2D eigenvalue weighted by molar-refractivity contribution is 5.76. The third-order valence-corrected chi connectivity index (χ3v) is 4.16. The average Bonchev–Trinajstić information content (AvgIpc) is 2.83. The normalized spacial score (nSPS) is 26.9. The van der Waals surface area contributed by atoms with Crippen molar-refractivity contribution in [3.8, 4) is 0 Å². The molecule has 0 aromatic heterocycles. The van der Waals surface area contributed by atoms with Gasteiger partial charge in [0.2, 0.25) is 5.91 Å². The summed E-state index contributed by atoms with van der Waals surface area (Å²) in [5.74, 6) is 1.03. The van der Waals surface area contributed by atoms with Gasteiger partial charge in [-0.2, -0.15) is 0 Å². The lowest BCUT2D eigenvalue weighted by Gasteiger charge is -2.27. The monoisotopic (exact) mass is 224 g/mol. The molecule has 1 atom stereocenters. The molecular formula is C13H24N2O. The molecule has 3 heteroatoms. The first-order valence-electron chi connectivity index (χ1n) is 6.74. The van der Waals surface area contributed by atoms with E-state index in [4.69, 9.17) is 0 Å². The largest absolute Gasteiger partial charge is 0.341 e. The number of rotatable bonds is 3. The first-order chi connectivity index (χ1) is 7.77. The van der Waals surface area contributed by atoms with Gasteiger partial charge in [-0.3, -0.25) is 4.79 Å². The smallest absolute Gasteiger partial charge is 0.222 e. The van der Waals surface area contributed by atoms with Crippen molar-refractivity contribution in [3.63, 3.8) is 0 Å². The Morgan fingerprint density at radius 1 is 1.25 bits per heavy atom. The minimum absolute atomic E-state index is 0.362. The van der Waals surface area contributed by atoms with E-state index in [0.29, 0.717) is 17.9 Å². The van der Waals surface area contributed by atoms with Crippen molar-refractivity contribution < 1.29 is 4.79 Å². The molecule has 1 N–H and O–H groups in total. The quantitative estimate of drug-likeness (QED) is 0.792. The molecular weight excluding hydrogens is 200 g/mol. The average molecular weight is 224 g/mol. The third kappa shape index (κ3) is 2.97. The third-order valence-electron chi connectivity index (χ3n) is 4.16. The van der Waals surface area contributed by atoms with Crippen molar-refractivity contribution >= 4 is 5.91 Å². The van der Waals surface area contributed by atoms with Crippen LogP contribution in [-0.2, 0) is 4.79 Å². The van der Waals surface area contributed by atoms with E-state index < -0.39 is 0 Å². The number of carbonyl (C=O) groups is 1. The van der Waals surface area contributed by atoms with Crippen LogP contribution < -0.4 is 5.32 Å². The van der Waals surface area contributed by atoms with Crippen LogP contribution in [0.2, 0.25) is 0 Å². The summed E-state index contributed by atoms with van der Waals surface area (Å²) in [4.78, 5) is 14.1. The van der Waals surface area contributed by atoms with Crippen molar-refractivity contribution in [2.24, 2.45) is 5.92 Å². The molecule has 2 aliphatic rings. The van der Waals surface area contributed by atoms with Crippen LogP contribution in [0, 0.1) is 5.92 Å². The second kappa shape index (κ2) is 5.67. The van der Waals surface area contributed by atoms with Gasteiger partial charge >= 0.3 is 0 Å². The Morgan fingerprint density at radius 3 is 2.62 bits per heavy atom. The van der Waals surface area contributed by atoms with Crippen LogP contribution in [0.4, 0.5) is 0 Å². The number of hydrogen-bond donors (Lipinski definition) is 1. The second-order valence-electron chi connectivity index (χ2n) is 5.36. The molecule has 0 radical (unpaired) electrons. The Bertz CT molecular complexity index is 230. The van der Waals surface area contributed by atoms with Crippen LogP contribution in [-0.4, -0.2) is 37.0 Å². The summed E-state index contributed by atoms with van der Waals surface area (Å²) in [5, 5.41) is 3.32. The number of amides is 1. The molecule has 3 nitrogen and oxygen atoms in total. The van der Waals surface area contributed by atoms with Crippen molar-refractivity contribution in [1.29, 1.82) is 0 Å². The maximum atomic E-state index is 12.1. The van der Waals surface area contributed by atoms with Gasteiger partial charge in [-0.1, -0.05) is 19.3 Å². The predicted octanol–water partition coefficient (Wildman–Crippen LogP) is 1.78. The molecule has 16 heavy (non-hydrogen) atoms. The number of nitrogens with zero attached hydrogens (tertiary/aromatic N) is 1. The molecule has 92 valence electrons. The van der Waals surface area contributed by atoms with Gasteiger partial charge in [0.05, 0.1) is 0 Å². The standard InChI is InChI=1S/C13H24N2O/c1-15(12-7-8-14-10-12)13(16)9-11-5-3-2-4-6-11/h11-12,14H,2-10H2,1H3/t12-/m1/s1. The van der Waals surface area contributed by atoms with Crippen LogP contribution >= 0.6 is 0 Å². The minimum atomic E-state index is 0.362. The van der Waals surface area contributed by atoms with Crippen LogP contribution in [0.25, 0.3) is 0 Å². The zero-order valence-corrected chi connectivity index (χ0v) is 10.4. The van der Waals surface area contributed by atoms with Crippen LogP contribution in [0.3, 0.4) is 0 Å². The first kappa shape index (κ1) is 11.9. The molecule has 0 spiro atoms. The molecule has 1 aliphatic heterocycles. The zero-order valence-electron chi connectivity index (χ0n) is 10.4. The molecule has 0 aromatic carbocycles. The summed E-state index contributed by atoms with van der Waals surface area (Å²) in [5.41, 5.74) is 0. The fraction of sp³-hybridized carbons (Fsp3) is 0.923. The molecule has 0 aromatic rings. The molecule has 0 bridgehead atoms. The Labute approximate surface area is 98.6 Å². The molecule has 1 amide bonds. The zero-order chi connectivity index (χ0) is 11.4. The number of hydrogen-bond acceptors (Lipinski definition) is 2. The molecule has 0 unspecified atom stereocenters. The lowest BCUT2D eigenvalue weighted by Crippen LogP contribution is -2.39. The van der Waals surface area contributed by atoms with Gasteiger partial charge in [-0.25, -0.2) is 0 Å². The van der Waals surface area contributed by atoms with Crippen LogP contribution in [0.15, 0.2) is 0 Å². The van der Waals surface area contributed by atoms with E-state index in [-0.39, 0.29) is 0 Å². The summed E-state index contributed by atoms with van der Waals surface area (Å²) in [6.45, 7) is 2.04. The van der Waals surface area contributed by atoms with E-state index in [2.05, 4.69) is 5.32 Å². The van der Waals surface area contributed by atoms with E-state index in [0.717, 1.165) is 25.9 Å². The van der Waals surface area contributed by atoms with E-state index in [1.807, 2.05) is 11.9 Å². The highest BCUT2D eigenvalue weighted by Gasteiger charge is 2.25. The lowest BCUT2D eigenvalue weighted by molar-refractivity contribution is -0.132. The van der Waals surface area contributed by atoms with Crippen LogP contribution in [0.5, 0.6) is 0 Å². The van der Waals surface area contributed by atoms with Gasteiger partial charge in [0.1, 0.15) is 0 Å². The van der Waals surface area contributed by atoms with Crippen LogP contribution in [0.1, 0.15) is 44.9 Å². The van der Waals surface area contributed by atoms with Crippen molar-refractivity contribution in [2.75, 3.05) is 20.1 Å². The summed E-state index contributed by atoms with van der Waals surface area (Å²) < 4.78 is 0. The molecule has 2 rings (SSSR count). The fourth-order valence-corrected chi connectivity index (χ4v) is 2.96. The van der Waals surface area contributed by atoms with E-state index in [1.54, 1.807) is 0 Å². The van der Waals surface area contributed by atoms with Gasteiger partial charge in [-0.15, -0.1) is 0 Å². The maximum Gasteiger partial charge on any atom is 0.222 e. The molecule has 1 heterocycles. The Hall–Kier alpha value is -0.570. The van der Waals surface area contributed by atoms with Gasteiger partial charge in [0.15, 0.2) is 0 Å². The number of carbonyl (C=O) groups excluding carboxylic acids is 1. The van der Waals surface area contributed by atoms with Gasteiger partial charge < -0.3 is 10.2 Å². The Morgan fingerprint density at radius 2 is 2.00 bits per heavy atom. The number of likely N-dealkylation sites (N-methyl/N-ethyl adjacent to an activating group) is 1. The maximum absolute atomic E-state index is 12.1. The van der Waals surface area contributed by atoms with Gasteiger partial charge in [-0.05, 0) is 31.7 Å². The molecule has 1 aliphatic carbocycles. The lowest BCUT2D eigenvalue weighted by atomic mass is 9.86. The second-order valence-corrected chi connectivity index (χ2v) is 5.36. The molecule has 2 fully saturated rings. The van der Waals surface area contributed by atoms with Crippen molar-refractivity contribution in [1.82, 2.24) is 10.2 Å². The predicted molar refractivity (Wildman–Crippen MR) is 65.2 cm³/mol. The van der Waals surface area contributed by atoms with E-state index in [1.165, 1.54) is 32.1 Å². The first-order valence-corrected chi connectivity index (χ1v) is 6.74. The summed E-state index contributed by atoms with van der Waals surface area (Å²) in [7, 11) is 1.98. The van der Waals surface area contributed by atoms with Gasteiger partial charge in [0.25, 0.3) is 0 Å². The number of nitrogens with one attached hydrogen (secondary N) is 1. The minimum Gasteiger partial charge on any atom is -0.341 e. The highest BCUT2D eigenvalue weighted by atomic mass is 16.2. The fourth-order valence-electron chi connectivity index (χ4n) is 2.96. The van der Waals surface area contributed by atoms with Crippen molar-refractivity contribution in [2.45, 2.75) is 51.0 Å². The summed E-state index contributed by atoms with van der Waals surface area (Å²) >= 11 is 0. The topological polar surface area (TPSA) is 32.3 Å². The van der Waals surface area contributed by atoms with Gasteiger partial charge in [0, 0.05) is 26.1 Å². The summed E-state index contributed by atoms with van der Waals surface area (Å²) in [6.07, 6.45) is 8.46. The summed E-state index contributed by atoms with van der Waals surface area (Å²) in [6, 6.07) is 0.441.